The zero-order chi connectivity index (χ0) is 23.0. The molecule has 4 rings (SSSR count). The molecule has 7 nitrogen and oxygen atoms in total. The van der Waals surface area contributed by atoms with Gasteiger partial charge >= 0.3 is 0 Å². The van der Waals surface area contributed by atoms with Gasteiger partial charge in [0.25, 0.3) is 0 Å². The zero-order valence-electron chi connectivity index (χ0n) is 19.1. The van der Waals surface area contributed by atoms with Gasteiger partial charge in [-0.3, -0.25) is 19.5 Å². The van der Waals surface area contributed by atoms with Crippen LogP contribution in [0.3, 0.4) is 0 Å². The molecule has 2 heterocycles. The molecule has 0 saturated carbocycles. The summed E-state index contributed by atoms with van der Waals surface area (Å²) in [7, 11) is 4.65. The first-order valence-corrected chi connectivity index (χ1v) is 10.6. The highest BCUT2D eigenvalue weighted by Gasteiger charge is 2.44. The number of amides is 1. The summed E-state index contributed by atoms with van der Waals surface area (Å²) in [4.78, 5) is 32.8. The number of allylic oxidation sites excluding steroid dienone is 2. The van der Waals surface area contributed by atoms with Crippen molar-refractivity contribution in [1.82, 2.24) is 4.98 Å². The molecule has 0 radical (unpaired) electrons. The van der Waals surface area contributed by atoms with Crippen molar-refractivity contribution in [2.45, 2.75) is 39.0 Å². The van der Waals surface area contributed by atoms with Gasteiger partial charge in [-0.05, 0) is 41.7 Å². The summed E-state index contributed by atoms with van der Waals surface area (Å²) in [5, 5.41) is 0. The maximum absolute atomic E-state index is 13.4. The Labute approximate surface area is 188 Å². The van der Waals surface area contributed by atoms with E-state index in [4.69, 9.17) is 14.2 Å². The normalized spacial score (nSPS) is 20.2. The van der Waals surface area contributed by atoms with Crippen molar-refractivity contribution in [3.63, 3.8) is 0 Å². The number of hydrogen-bond acceptors (Lipinski definition) is 6. The fraction of sp³-hybridized carbons (Fsp3) is 0.400. The number of rotatable bonds is 5. The van der Waals surface area contributed by atoms with Crippen LogP contribution in [0.5, 0.6) is 17.2 Å². The quantitative estimate of drug-likeness (QED) is 0.697. The van der Waals surface area contributed by atoms with Gasteiger partial charge in [0.15, 0.2) is 17.3 Å². The van der Waals surface area contributed by atoms with Gasteiger partial charge in [0.05, 0.1) is 33.2 Å². The fourth-order valence-corrected chi connectivity index (χ4v) is 4.79. The lowest BCUT2D eigenvalue weighted by Crippen LogP contribution is -2.43. The van der Waals surface area contributed by atoms with Crippen molar-refractivity contribution in [3.8, 4) is 17.2 Å². The minimum atomic E-state index is -0.386. The summed E-state index contributed by atoms with van der Waals surface area (Å²) in [6, 6.07) is 7.30. The van der Waals surface area contributed by atoms with Crippen LogP contribution in [0.15, 0.2) is 47.9 Å². The van der Waals surface area contributed by atoms with Crippen LogP contribution in [0.25, 0.3) is 0 Å². The Morgan fingerprint density at radius 2 is 1.72 bits per heavy atom. The molecule has 1 aromatic carbocycles. The molecule has 1 unspecified atom stereocenters. The lowest BCUT2D eigenvalue weighted by molar-refractivity contribution is -0.121. The van der Waals surface area contributed by atoms with Crippen molar-refractivity contribution >= 4 is 17.4 Å². The minimum absolute atomic E-state index is 0.0661. The average molecular weight is 437 g/mol. The minimum Gasteiger partial charge on any atom is -0.493 e. The molecule has 1 atom stereocenters. The maximum Gasteiger partial charge on any atom is 0.232 e. The van der Waals surface area contributed by atoms with E-state index in [2.05, 4.69) is 18.8 Å². The summed E-state index contributed by atoms with van der Waals surface area (Å²) in [5.74, 6) is 1.08. The number of benzene rings is 1. The number of methoxy groups -OCH3 is 3. The predicted octanol–water partition coefficient (Wildman–Crippen LogP) is 4.27. The van der Waals surface area contributed by atoms with Crippen molar-refractivity contribution in [2.24, 2.45) is 5.41 Å². The Morgan fingerprint density at radius 1 is 1.03 bits per heavy atom. The Kier molecular flexibility index (Phi) is 5.67. The van der Waals surface area contributed by atoms with E-state index in [9.17, 15) is 9.59 Å². The summed E-state index contributed by atoms with van der Waals surface area (Å²) in [6.07, 6.45) is 4.55. The van der Waals surface area contributed by atoms with Crippen LogP contribution in [0.1, 0.15) is 44.6 Å². The highest BCUT2D eigenvalue weighted by molar-refractivity contribution is 6.07. The maximum atomic E-state index is 13.4. The fourth-order valence-electron chi connectivity index (χ4n) is 4.79. The van der Waals surface area contributed by atoms with Crippen LogP contribution in [-0.2, 0) is 9.59 Å². The third-order valence-electron chi connectivity index (χ3n) is 6.14. The van der Waals surface area contributed by atoms with Crippen molar-refractivity contribution in [1.29, 1.82) is 0 Å². The molecule has 7 heteroatoms. The molecule has 1 aliphatic carbocycles. The second-order valence-corrected chi connectivity index (χ2v) is 8.96. The van der Waals surface area contributed by atoms with Gasteiger partial charge in [0.2, 0.25) is 11.7 Å². The van der Waals surface area contributed by atoms with E-state index < -0.39 is 0 Å². The van der Waals surface area contributed by atoms with Crippen molar-refractivity contribution in [2.75, 3.05) is 26.2 Å². The highest BCUT2D eigenvalue weighted by Crippen LogP contribution is 2.50. The number of carbonyl (C=O) groups is 2. The molecule has 2 aliphatic rings. The largest absolute Gasteiger partial charge is 0.493 e. The van der Waals surface area contributed by atoms with E-state index in [1.54, 1.807) is 44.7 Å². The monoisotopic (exact) mass is 436 g/mol. The molecular weight excluding hydrogens is 408 g/mol. The van der Waals surface area contributed by atoms with E-state index in [1.165, 1.54) is 0 Å². The van der Waals surface area contributed by atoms with Crippen LogP contribution in [0.2, 0.25) is 0 Å². The smallest absolute Gasteiger partial charge is 0.232 e. The van der Waals surface area contributed by atoms with Crippen LogP contribution in [-0.4, -0.2) is 38.0 Å². The molecule has 168 valence electrons. The number of carbonyl (C=O) groups excluding carboxylic acids is 2. The summed E-state index contributed by atoms with van der Waals surface area (Å²) in [6.45, 7) is 4.12. The Morgan fingerprint density at radius 3 is 2.28 bits per heavy atom. The number of anilines is 1. The molecule has 0 spiro atoms. The molecule has 0 saturated heterocycles. The number of pyridine rings is 1. The molecule has 0 bridgehead atoms. The molecule has 1 aliphatic heterocycles. The summed E-state index contributed by atoms with van der Waals surface area (Å²) < 4.78 is 16.5. The molecule has 2 aromatic rings. The van der Waals surface area contributed by atoms with E-state index in [0.717, 1.165) is 11.3 Å². The first-order chi connectivity index (χ1) is 15.3. The van der Waals surface area contributed by atoms with Gasteiger partial charge in [-0.25, -0.2) is 0 Å². The zero-order valence-corrected chi connectivity index (χ0v) is 19.1. The average Bonchev–Trinajstić information content (AvgIpc) is 2.77. The van der Waals surface area contributed by atoms with Crippen molar-refractivity contribution < 1.29 is 23.8 Å². The molecule has 1 aromatic heterocycles. The predicted molar refractivity (Wildman–Crippen MR) is 120 cm³/mol. The number of aromatic nitrogens is 1. The van der Waals surface area contributed by atoms with Gasteiger partial charge in [-0.2, -0.15) is 0 Å². The Bertz CT molecular complexity index is 1070. The molecule has 0 fully saturated rings. The third kappa shape index (κ3) is 3.72. The molecule has 32 heavy (non-hydrogen) atoms. The van der Waals surface area contributed by atoms with Gasteiger partial charge < -0.3 is 14.2 Å². The standard InChI is InChI=1S/C25H28N2O5/c1-25(2)12-18-23(19(28)13-25)17(11-22(29)27(18)16-7-6-8-26-14-16)15-9-20(30-3)24(32-5)21(10-15)31-4/h6-10,14,17H,11-13H2,1-5H3. The topological polar surface area (TPSA) is 78.0 Å². The Hall–Kier alpha value is -3.35. The second kappa shape index (κ2) is 8.30. The van der Waals surface area contributed by atoms with Crippen LogP contribution >= 0.6 is 0 Å². The number of ether oxygens (including phenoxy) is 3. The van der Waals surface area contributed by atoms with E-state index in [1.807, 2.05) is 18.2 Å². The lowest BCUT2D eigenvalue weighted by Gasteiger charge is -2.42. The number of ketones is 1. The third-order valence-corrected chi connectivity index (χ3v) is 6.14. The highest BCUT2D eigenvalue weighted by atomic mass is 16.5. The van der Waals surface area contributed by atoms with Gasteiger partial charge in [0, 0.05) is 36.2 Å². The molecule has 0 N–H and O–H groups in total. The van der Waals surface area contributed by atoms with E-state index in [0.29, 0.717) is 41.4 Å². The van der Waals surface area contributed by atoms with Crippen molar-refractivity contribution in [3.05, 3.63) is 53.5 Å². The van der Waals surface area contributed by atoms with Crippen LogP contribution in [0.4, 0.5) is 5.69 Å². The SMILES string of the molecule is COc1cc(C2CC(=O)N(c3cccnc3)C3=C2C(=O)CC(C)(C)C3)cc(OC)c1OC. The number of hydrogen-bond donors (Lipinski definition) is 0. The van der Waals surface area contributed by atoms with Crippen LogP contribution < -0.4 is 19.1 Å². The Balaban J connectivity index is 1.92. The first kappa shape index (κ1) is 21.9. The van der Waals surface area contributed by atoms with Gasteiger partial charge in [-0.1, -0.05) is 13.8 Å². The number of Topliss-reactive ketones (excluding diaryl/α,β-unsaturated/α-hetero) is 1. The molecule has 1 amide bonds. The van der Waals surface area contributed by atoms with Gasteiger partial charge in [0.1, 0.15) is 0 Å². The summed E-state index contributed by atoms with van der Waals surface area (Å²) in [5.41, 5.74) is 2.67. The van der Waals surface area contributed by atoms with E-state index >= 15 is 0 Å². The number of nitrogens with zero attached hydrogens (tertiary/aromatic N) is 2. The molecular formula is C25H28N2O5. The lowest BCUT2D eigenvalue weighted by atomic mass is 9.69. The summed E-state index contributed by atoms with van der Waals surface area (Å²) >= 11 is 0. The first-order valence-electron chi connectivity index (χ1n) is 10.6. The van der Waals surface area contributed by atoms with Crippen LogP contribution in [0, 0.1) is 5.41 Å². The van der Waals surface area contributed by atoms with Gasteiger partial charge in [-0.15, -0.1) is 0 Å². The second-order valence-electron chi connectivity index (χ2n) is 8.96. The van der Waals surface area contributed by atoms with E-state index in [-0.39, 0.29) is 29.4 Å².